The van der Waals surface area contributed by atoms with E-state index >= 15 is 0 Å². The Balaban J connectivity index is 1.88. The number of nitrogens with one attached hydrogen (secondary N) is 1. The van der Waals surface area contributed by atoms with Gasteiger partial charge in [-0.1, -0.05) is 0 Å². The first-order chi connectivity index (χ1) is 11.6. The normalized spacial score (nSPS) is 16.1. The van der Waals surface area contributed by atoms with E-state index in [-0.39, 0.29) is 11.1 Å². The molecule has 1 saturated heterocycles. The number of nitrogens with zero attached hydrogens (tertiary/aromatic N) is 3. The number of rotatable bonds is 6. The molecule has 0 aromatic carbocycles. The molecule has 0 radical (unpaired) electrons. The third-order valence-corrected chi connectivity index (χ3v) is 4.55. The minimum Gasteiger partial charge on any atom is -0.383 e. The lowest BCUT2D eigenvalue weighted by atomic mass is 10.2. The maximum absolute atomic E-state index is 12.7. The van der Waals surface area contributed by atoms with Crippen LogP contribution in [0, 0.1) is 6.92 Å². The average Bonchev–Trinajstić information content (AvgIpc) is 2.89. The molecule has 8 nitrogen and oxygen atoms in total. The Morgan fingerprint density at radius 2 is 1.96 bits per heavy atom. The Bertz CT molecular complexity index is 814. The van der Waals surface area contributed by atoms with E-state index in [1.165, 1.54) is 6.07 Å². The highest BCUT2D eigenvalue weighted by Gasteiger charge is 2.15. The first-order valence-electron chi connectivity index (χ1n) is 8.24. The lowest BCUT2D eigenvalue weighted by Crippen LogP contribution is -2.39. The van der Waals surface area contributed by atoms with Crippen LogP contribution in [0.1, 0.15) is 5.69 Å². The smallest absolute Gasteiger partial charge is 0.276 e. The number of hydrogen-bond donors (Lipinski definition) is 1. The summed E-state index contributed by atoms with van der Waals surface area (Å²) in [4.78, 5) is 27.2. The Morgan fingerprint density at radius 3 is 2.67 bits per heavy atom. The van der Waals surface area contributed by atoms with Crippen molar-refractivity contribution in [3.8, 4) is 0 Å². The van der Waals surface area contributed by atoms with Gasteiger partial charge in [-0.2, -0.15) is 0 Å². The zero-order chi connectivity index (χ0) is 17.1. The molecule has 2 aromatic heterocycles. The van der Waals surface area contributed by atoms with E-state index in [0.29, 0.717) is 36.3 Å². The summed E-state index contributed by atoms with van der Waals surface area (Å²) in [7, 11) is 1.59. The van der Waals surface area contributed by atoms with Crippen molar-refractivity contribution >= 4 is 10.9 Å². The molecule has 1 aliphatic heterocycles. The summed E-state index contributed by atoms with van der Waals surface area (Å²) in [6.45, 7) is 7.27. The monoisotopic (exact) mass is 336 g/mol. The molecule has 8 heteroatoms. The summed E-state index contributed by atoms with van der Waals surface area (Å²) in [5.74, 6) is 0. The van der Waals surface area contributed by atoms with E-state index in [4.69, 9.17) is 9.47 Å². The number of hydrogen-bond acceptors (Lipinski definition) is 5. The van der Waals surface area contributed by atoms with Crippen LogP contribution >= 0.6 is 0 Å². The van der Waals surface area contributed by atoms with Crippen molar-refractivity contribution in [3.05, 3.63) is 32.5 Å². The standard InChI is InChI=1S/C16H24N4O4/c1-12-15-13(11-14(21)19(12)7-8-23-2)17-20(16(15)22)4-3-18-5-9-24-10-6-18/h11,17H,3-10H2,1-2H3. The molecular weight excluding hydrogens is 312 g/mol. The number of pyridine rings is 1. The number of methoxy groups -OCH3 is 1. The molecule has 0 unspecified atom stereocenters. The Labute approximate surface area is 139 Å². The van der Waals surface area contributed by atoms with Gasteiger partial charge in [0.2, 0.25) is 0 Å². The quantitative estimate of drug-likeness (QED) is 0.789. The second kappa shape index (κ2) is 7.33. The van der Waals surface area contributed by atoms with Gasteiger partial charge in [0.1, 0.15) is 0 Å². The summed E-state index contributed by atoms with van der Waals surface area (Å²) in [6, 6.07) is 1.49. The SMILES string of the molecule is COCCn1c(C)c2c(=O)n(CCN3CCOCC3)[nH]c2cc1=O. The highest BCUT2D eigenvalue weighted by molar-refractivity contribution is 5.79. The van der Waals surface area contributed by atoms with Crippen molar-refractivity contribution < 1.29 is 9.47 Å². The molecule has 0 amide bonds. The van der Waals surface area contributed by atoms with Crippen molar-refractivity contribution in [2.75, 3.05) is 46.6 Å². The maximum Gasteiger partial charge on any atom is 0.276 e. The molecule has 24 heavy (non-hydrogen) atoms. The molecule has 1 fully saturated rings. The highest BCUT2D eigenvalue weighted by atomic mass is 16.5. The van der Waals surface area contributed by atoms with E-state index in [9.17, 15) is 9.59 Å². The van der Waals surface area contributed by atoms with Gasteiger partial charge < -0.3 is 14.0 Å². The van der Waals surface area contributed by atoms with Gasteiger partial charge >= 0.3 is 0 Å². The molecule has 3 rings (SSSR count). The minimum atomic E-state index is -0.126. The van der Waals surface area contributed by atoms with Crippen molar-refractivity contribution in [3.63, 3.8) is 0 Å². The first kappa shape index (κ1) is 16.9. The fraction of sp³-hybridized carbons (Fsp3) is 0.625. The van der Waals surface area contributed by atoms with Gasteiger partial charge in [0.25, 0.3) is 11.1 Å². The van der Waals surface area contributed by atoms with E-state index in [1.807, 2.05) is 0 Å². The summed E-state index contributed by atoms with van der Waals surface area (Å²) in [5.41, 5.74) is 1.07. The van der Waals surface area contributed by atoms with Crippen LogP contribution in [0.25, 0.3) is 10.9 Å². The second-order valence-electron chi connectivity index (χ2n) is 6.02. The lowest BCUT2D eigenvalue weighted by Gasteiger charge is -2.26. The lowest BCUT2D eigenvalue weighted by molar-refractivity contribution is 0.0359. The third-order valence-electron chi connectivity index (χ3n) is 4.55. The summed E-state index contributed by atoms with van der Waals surface area (Å²) < 4.78 is 13.6. The van der Waals surface area contributed by atoms with Crippen LogP contribution in [0.3, 0.4) is 0 Å². The van der Waals surface area contributed by atoms with Crippen LogP contribution in [0.15, 0.2) is 15.7 Å². The number of H-pyrrole nitrogens is 1. The van der Waals surface area contributed by atoms with Gasteiger partial charge in [-0.05, 0) is 6.92 Å². The summed E-state index contributed by atoms with van der Waals surface area (Å²) in [5, 5.41) is 3.65. The molecule has 1 N–H and O–H groups in total. The van der Waals surface area contributed by atoms with Gasteiger partial charge in [0, 0.05) is 45.0 Å². The predicted octanol–water partition coefficient (Wildman–Crippen LogP) is -0.222. The first-order valence-corrected chi connectivity index (χ1v) is 8.24. The average molecular weight is 336 g/mol. The minimum absolute atomic E-state index is 0.0815. The zero-order valence-electron chi connectivity index (χ0n) is 14.2. The molecule has 132 valence electrons. The van der Waals surface area contributed by atoms with Crippen LogP contribution < -0.4 is 11.1 Å². The van der Waals surface area contributed by atoms with Crippen LogP contribution in [0.2, 0.25) is 0 Å². The molecule has 2 aromatic rings. The largest absolute Gasteiger partial charge is 0.383 e. The van der Waals surface area contributed by atoms with E-state index < -0.39 is 0 Å². The molecule has 3 heterocycles. The van der Waals surface area contributed by atoms with Gasteiger partial charge in [-0.15, -0.1) is 0 Å². The van der Waals surface area contributed by atoms with Crippen LogP contribution in [-0.2, 0) is 22.6 Å². The number of aryl methyl sites for hydroxylation is 1. The van der Waals surface area contributed by atoms with Crippen molar-refractivity contribution in [1.82, 2.24) is 19.2 Å². The second-order valence-corrected chi connectivity index (χ2v) is 6.02. The molecule has 0 spiro atoms. The van der Waals surface area contributed by atoms with Crippen molar-refractivity contribution in [1.29, 1.82) is 0 Å². The predicted molar refractivity (Wildman–Crippen MR) is 90.7 cm³/mol. The molecule has 0 saturated carbocycles. The molecular formula is C16H24N4O4. The van der Waals surface area contributed by atoms with Crippen molar-refractivity contribution in [2.24, 2.45) is 0 Å². The van der Waals surface area contributed by atoms with Crippen LogP contribution in [0.4, 0.5) is 0 Å². The Hall–Kier alpha value is -1.90. The molecule has 0 atom stereocenters. The third kappa shape index (κ3) is 3.31. The summed E-state index contributed by atoms with van der Waals surface area (Å²) in [6.07, 6.45) is 0. The van der Waals surface area contributed by atoms with Gasteiger partial charge in [0.15, 0.2) is 0 Å². The number of aromatic amines is 1. The molecule has 0 bridgehead atoms. The number of aromatic nitrogens is 3. The van der Waals surface area contributed by atoms with E-state index in [2.05, 4.69) is 10.00 Å². The topological polar surface area (TPSA) is 81.5 Å². The number of fused-ring (bicyclic) bond motifs is 1. The zero-order valence-corrected chi connectivity index (χ0v) is 14.2. The maximum atomic E-state index is 12.7. The molecule has 1 aliphatic rings. The Morgan fingerprint density at radius 1 is 1.21 bits per heavy atom. The fourth-order valence-corrected chi connectivity index (χ4v) is 3.14. The van der Waals surface area contributed by atoms with Gasteiger partial charge in [-0.3, -0.25) is 24.3 Å². The fourth-order valence-electron chi connectivity index (χ4n) is 3.14. The van der Waals surface area contributed by atoms with Crippen molar-refractivity contribution in [2.45, 2.75) is 20.0 Å². The number of morpholine rings is 1. The summed E-state index contributed by atoms with van der Waals surface area (Å²) >= 11 is 0. The van der Waals surface area contributed by atoms with Gasteiger partial charge in [0.05, 0.1) is 37.3 Å². The number of ether oxygens (including phenoxy) is 2. The molecule has 0 aliphatic carbocycles. The van der Waals surface area contributed by atoms with Crippen LogP contribution in [0.5, 0.6) is 0 Å². The Kier molecular flexibility index (Phi) is 5.17. The van der Waals surface area contributed by atoms with Gasteiger partial charge in [-0.25, -0.2) is 0 Å². The van der Waals surface area contributed by atoms with E-state index in [0.717, 1.165) is 32.8 Å². The van der Waals surface area contributed by atoms with E-state index in [1.54, 1.807) is 23.3 Å². The highest BCUT2D eigenvalue weighted by Crippen LogP contribution is 2.10. The van der Waals surface area contributed by atoms with Crippen LogP contribution in [-0.4, -0.2) is 65.8 Å².